The minimum Gasteiger partial charge on any atom is -0.465 e. The number of hydrazine groups is 1. The summed E-state index contributed by atoms with van der Waals surface area (Å²) in [6, 6.07) is -0.327. The molecule has 1 fully saturated rings. The van der Waals surface area contributed by atoms with E-state index in [1.807, 2.05) is 6.92 Å². The van der Waals surface area contributed by atoms with Crippen molar-refractivity contribution >= 4 is 5.97 Å². The molecule has 0 spiro atoms. The van der Waals surface area contributed by atoms with Crippen LogP contribution in [-0.4, -0.2) is 25.2 Å². The van der Waals surface area contributed by atoms with Gasteiger partial charge in [-0.15, -0.1) is 5.59 Å². The maximum Gasteiger partial charge on any atom is 0.324 e. The van der Waals surface area contributed by atoms with E-state index in [0.29, 0.717) is 13.2 Å². The Morgan fingerprint density at radius 1 is 0.875 bits per heavy atom. The Hall–Kier alpha value is -0.650. The molecular weight excluding hydrogens is 304 g/mol. The first-order valence-electron chi connectivity index (χ1n) is 10.1. The number of hydrogen-bond donors (Lipinski definition) is 2. The van der Waals surface area contributed by atoms with Gasteiger partial charge in [-0.3, -0.25) is 9.63 Å². The van der Waals surface area contributed by atoms with E-state index < -0.39 is 0 Å². The predicted octanol–water partition coefficient (Wildman–Crippen LogP) is 4.42. The van der Waals surface area contributed by atoms with Crippen LogP contribution in [0.4, 0.5) is 0 Å². The minimum absolute atomic E-state index is 0.195. The van der Waals surface area contributed by atoms with Crippen LogP contribution in [0.2, 0.25) is 0 Å². The van der Waals surface area contributed by atoms with Crippen LogP contribution >= 0.6 is 0 Å². The van der Waals surface area contributed by atoms with E-state index in [9.17, 15) is 4.79 Å². The van der Waals surface area contributed by atoms with E-state index in [2.05, 4.69) is 11.0 Å². The van der Waals surface area contributed by atoms with Gasteiger partial charge in [-0.2, -0.15) is 0 Å². The molecule has 5 heteroatoms. The van der Waals surface area contributed by atoms with Gasteiger partial charge < -0.3 is 4.74 Å². The van der Waals surface area contributed by atoms with Gasteiger partial charge in [0.2, 0.25) is 0 Å². The van der Waals surface area contributed by atoms with Crippen molar-refractivity contribution in [2.45, 2.75) is 103 Å². The fourth-order valence-corrected chi connectivity index (χ4v) is 3.12. The summed E-state index contributed by atoms with van der Waals surface area (Å²) in [5.74, 6) is -0.195. The maximum absolute atomic E-state index is 12.0. The molecule has 0 aliphatic carbocycles. The quantitative estimate of drug-likeness (QED) is 0.728. The van der Waals surface area contributed by atoms with E-state index in [0.717, 1.165) is 19.3 Å². The molecule has 24 heavy (non-hydrogen) atoms. The molecule has 1 heterocycles. The number of rotatable bonds is 2. The number of carbonyl (C=O) groups excluding carboxylic acids is 1. The molecule has 1 aliphatic heterocycles. The lowest BCUT2D eigenvalue weighted by Gasteiger charge is -2.17. The average molecular weight is 343 g/mol. The first kappa shape index (κ1) is 21.4. The highest BCUT2D eigenvalue weighted by atomic mass is 16.7. The van der Waals surface area contributed by atoms with Crippen LogP contribution in [-0.2, 0) is 14.4 Å². The lowest BCUT2D eigenvalue weighted by Crippen LogP contribution is -2.46. The summed E-state index contributed by atoms with van der Waals surface area (Å²) in [6.07, 6.45) is 17.4. The van der Waals surface area contributed by atoms with Crippen molar-refractivity contribution in [2.75, 3.05) is 13.2 Å². The number of esters is 1. The average Bonchev–Trinajstić information content (AvgIpc) is 2.58. The molecule has 1 aliphatic rings. The van der Waals surface area contributed by atoms with E-state index in [-0.39, 0.29) is 12.0 Å². The van der Waals surface area contributed by atoms with Gasteiger partial charge in [0, 0.05) is 0 Å². The molecule has 0 bridgehead atoms. The maximum atomic E-state index is 12.0. The first-order chi connectivity index (χ1) is 11.8. The summed E-state index contributed by atoms with van der Waals surface area (Å²) in [4.78, 5) is 17.4. The van der Waals surface area contributed by atoms with Gasteiger partial charge in [0.15, 0.2) is 0 Å². The highest BCUT2D eigenvalue weighted by molar-refractivity contribution is 5.75. The normalized spacial score (nSPS) is 24.3. The molecule has 0 saturated carbocycles. The topological polar surface area (TPSA) is 59.6 Å². The van der Waals surface area contributed by atoms with Gasteiger partial charge in [-0.1, -0.05) is 77.0 Å². The van der Waals surface area contributed by atoms with Crippen LogP contribution in [0.1, 0.15) is 96.8 Å². The highest BCUT2D eigenvalue weighted by Gasteiger charge is 2.18. The lowest BCUT2D eigenvalue weighted by atomic mass is 10.0. The van der Waals surface area contributed by atoms with Crippen LogP contribution in [0.3, 0.4) is 0 Å². The highest BCUT2D eigenvalue weighted by Crippen LogP contribution is 2.14. The summed E-state index contributed by atoms with van der Waals surface area (Å²) in [5, 5.41) is 0. The number of hydrogen-bond acceptors (Lipinski definition) is 5. The Morgan fingerprint density at radius 3 is 1.92 bits per heavy atom. The van der Waals surface area contributed by atoms with Crippen molar-refractivity contribution < 1.29 is 14.4 Å². The molecule has 1 saturated heterocycles. The molecule has 0 radical (unpaired) electrons. The van der Waals surface area contributed by atoms with Crippen LogP contribution in [0.15, 0.2) is 0 Å². The Labute approximate surface area is 148 Å². The predicted molar refractivity (Wildman–Crippen MR) is 97.3 cm³/mol. The van der Waals surface area contributed by atoms with Gasteiger partial charge in [-0.05, 0) is 19.8 Å². The van der Waals surface area contributed by atoms with Crippen molar-refractivity contribution in [2.24, 2.45) is 0 Å². The van der Waals surface area contributed by atoms with E-state index in [1.54, 1.807) is 0 Å². The fraction of sp³-hybridized carbons (Fsp3) is 0.947. The Bertz CT molecular complexity index is 280. The molecule has 142 valence electrons. The SMILES string of the molecule is CCOC(=O)C1CCCCCCCCCCCCCCCONN1. The molecule has 5 nitrogen and oxygen atoms in total. The lowest BCUT2D eigenvalue weighted by molar-refractivity contribution is -0.148. The zero-order chi connectivity index (χ0) is 17.3. The summed E-state index contributed by atoms with van der Waals surface area (Å²) >= 11 is 0. The second-order valence-electron chi connectivity index (χ2n) is 6.78. The molecule has 0 aromatic rings. The number of ether oxygens (including phenoxy) is 1. The second kappa shape index (κ2) is 15.9. The van der Waals surface area contributed by atoms with E-state index >= 15 is 0 Å². The molecule has 0 aromatic carbocycles. The molecule has 0 amide bonds. The molecule has 1 rings (SSSR count). The van der Waals surface area contributed by atoms with Gasteiger partial charge in [0.05, 0.1) is 13.2 Å². The standard InChI is InChI=1S/C19H38N2O3/c1-2-23-19(22)18-16-14-12-10-8-6-4-3-5-7-9-11-13-15-17-24-21-20-18/h18,20-21H,2-17H2,1H3. The molecule has 1 unspecified atom stereocenters. The Morgan fingerprint density at radius 2 is 1.38 bits per heavy atom. The van der Waals surface area contributed by atoms with Crippen molar-refractivity contribution in [1.82, 2.24) is 11.0 Å². The molecular formula is C19H38N2O3. The minimum atomic E-state index is -0.327. The summed E-state index contributed by atoms with van der Waals surface area (Å²) in [7, 11) is 0. The summed E-state index contributed by atoms with van der Waals surface area (Å²) in [5.41, 5.74) is 5.71. The monoisotopic (exact) mass is 342 g/mol. The van der Waals surface area contributed by atoms with E-state index in [1.165, 1.54) is 70.6 Å². The Kier molecular flexibility index (Phi) is 14.1. The van der Waals surface area contributed by atoms with Crippen molar-refractivity contribution in [3.05, 3.63) is 0 Å². The largest absolute Gasteiger partial charge is 0.465 e. The number of carbonyl (C=O) groups is 1. The third-order valence-corrected chi connectivity index (χ3v) is 4.62. The Balaban J connectivity index is 2.31. The first-order valence-corrected chi connectivity index (χ1v) is 10.1. The van der Waals surface area contributed by atoms with Crippen molar-refractivity contribution in [3.8, 4) is 0 Å². The van der Waals surface area contributed by atoms with Crippen molar-refractivity contribution in [3.63, 3.8) is 0 Å². The molecule has 0 aromatic heterocycles. The van der Waals surface area contributed by atoms with Gasteiger partial charge in [-0.25, -0.2) is 5.43 Å². The second-order valence-corrected chi connectivity index (χ2v) is 6.78. The zero-order valence-corrected chi connectivity index (χ0v) is 15.6. The summed E-state index contributed by atoms with van der Waals surface area (Å²) in [6.45, 7) is 2.92. The van der Waals surface area contributed by atoms with E-state index in [4.69, 9.17) is 9.57 Å². The third-order valence-electron chi connectivity index (χ3n) is 4.62. The van der Waals surface area contributed by atoms with Crippen LogP contribution in [0, 0.1) is 0 Å². The van der Waals surface area contributed by atoms with Crippen molar-refractivity contribution in [1.29, 1.82) is 0 Å². The van der Waals surface area contributed by atoms with Crippen LogP contribution in [0.25, 0.3) is 0 Å². The number of nitrogens with one attached hydrogen (secondary N) is 2. The smallest absolute Gasteiger partial charge is 0.324 e. The van der Waals surface area contributed by atoms with Gasteiger partial charge >= 0.3 is 5.97 Å². The molecule has 2 N–H and O–H groups in total. The van der Waals surface area contributed by atoms with Crippen LogP contribution in [0.5, 0.6) is 0 Å². The van der Waals surface area contributed by atoms with Gasteiger partial charge in [0.1, 0.15) is 6.04 Å². The third kappa shape index (κ3) is 11.8. The molecule has 1 atom stereocenters. The van der Waals surface area contributed by atoms with Gasteiger partial charge in [0.25, 0.3) is 0 Å². The van der Waals surface area contributed by atoms with Crippen LogP contribution < -0.4 is 11.0 Å². The zero-order valence-electron chi connectivity index (χ0n) is 15.6. The summed E-state index contributed by atoms with van der Waals surface area (Å²) < 4.78 is 5.13. The fourth-order valence-electron chi connectivity index (χ4n) is 3.12.